The summed E-state index contributed by atoms with van der Waals surface area (Å²) in [6.07, 6.45) is 0. The summed E-state index contributed by atoms with van der Waals surface area (Å²) in [5.41, 5.74) is 11.4. The molecule has 3 rings (SSSR count). The lowest BCUT2D eigenvalue weighted by Crippen LogP contribution is -2.23. The van der Waals surface area contributed by atoms with Gasteiger partial charge < -0.3 is 11.1 Å². The van der Waals surface area contributed by atoms with Gasteiger partial charge in [-0.05, 0) is 58.2 Å². The van der Waals surface area contributed by atoms with Crippen LogP contribution in [0.3, 0.4) is 0 Å². The molecular formula is C20H24N4OS2. The van der Waals surface area contributed by atoms with E-state index in [9.17, 15) is 4.79 Å². The van der Waals surface area contributed by atoms with E-state index in [4.69, 9.17) is 5.73 Å². The predicted molar refractivity (Wildman–Crippen MR) is 116 cm³/mol. The van der Waals surface area contributed by atoms with Gasteiger partial charge in [-0.1, -0.05) is 29.5 Å². The molecule has 0 bridgehead atoms. The summed E-state index contributed by atoms with van der Waals surface area (Å²) in [7, 11) is 0. The number of nitrogens with two attached hydrogens (primary N) is 1. The standard InChI is InChI=1S/C20H24N4OS2/c1-9-7-10(2)16(11(3)8-9)22-18(25)14(6)27-20-23-17(21)15-12(4)13(5)26-19(15)24-20/h7-8,14H,1-6H3,(H,22,25)(H2,21,23,24). The van der Waals surface area contributed by atoms with Crippen LogP contribution in [0.1, 0.15) is 34.1 Å². The fraction of sp³-hybridized carbons (Fsp3) is 0.350. The van der Waals surface area contributed by atoms with Crippen molar-refractivity contribution in [2.75, 3.05) is 11.1 Å². The van der Waals surface area contributed by atoms with Crippen LogP contribution in [-0.2, 0) is 4.79 Å². The molecule has 0 radical (unpaired) electrons. The Labute approximate surface area is 167 Å². The van der Waals surface area contributed by atoms with E-state index in [0.29, 0.717) is 11.0 Å². The highest BCUT2D eigenvalue weighted by Gasteiger charge is 2.20. The molecule has 0 fully saturated rings. The van der Waals surface area contributed by atoms with Crippen molar-refractivity contribution in [1.82, 2.24) is 9.97 Å². The lowest BCUT2D eigenvalue weighted by Gasteiger charge is -2.16. The quantitative estimate of drug-likeness (QED) is 0.479. The van der Waals surface area contributed by atoms with Crippen molar-refractivity contribution in [3.05, 3.63) is 39.3 Å². The Morgan fingerprint density at radius 2 is 1.78 bits per heavy atom. The first-order valence-corrected chi connectivity index (χ1v) is 10.5. The molecule has 142 valence electrons. The molecule has 2 heterocycles. The van der Waals surface area contributed by atoms with Crippen molar-refractivity contribution < 1.29 is 4.79 Å². The molecule has 1 unspecified atom stereocenters. The first-order chi connectivity index (χ1) is 12.7. The van der Waals surface area contributed by atoms with E-state index in [1.165, 1.54) is 22.2 Å². The highest BCUT2D eigenvalue weighted by molar-refractivity contribution is 8.00. The molecule has 1 atom stereocenters. The van der Waals surface area contributed by atoms with Gasteiger partial charge in [-0.25, -0.2) is 9.97 Å². The van der Waals surface area contributed by atoms with Crippen molar-refractivity contribution in [3.8, 4) is 0 Å². The van der Waals surface area contributed by atoms with E-state index in [1.807, 2.05) is 27.7 Å². The summed E-state index contributed by atoms with van der Waals surface area (Å²) in [5, 5.41) is 4.15. The molecule has 27 heavy (non-hydrogen) atoms. The van der Waals surface area contributed by atoms with Crippen LogP contribution in [0.5, 0.6) is 0 Å². The number of nitrogens with zero attached hydrogens (tertiary/aromatic N) is 2. The van der Waals surface area contributed by atoms with Gasteiger partial charge in [0.1, 0.15) is 10.6 Å². The number of carbonyl (C=O) groups excluding carboxylic acids is 1. The maximum absolute atomic E-state index is 12.7. The Kier molecular flexibility index (Phi) is 5.44. The molecule has 3 N–H and O–H groups in total. The molecule has 1 aromatic carbocycles. The molecular weight excluding hydrogens is 376 g/mol. The normalized spacial score (nSPS) is 12.4. The van der Waals surface area contributed by atoms with Crippen LogP contribution in [0.4, 0.5) is 11.5 Å². The minimum atomic E-state index is -0.343. The summed E-state index contributed by atoms with van der Waals surface area (Å²) in [6, 6.07) is 4.14. The number of aromatic nitrogens is 2. The van der Waals surface area contributed by atoms with Crippen LogP contribution >= 0.6 is 23.1 Å². The zero-order valence-corrected chi connectivity index (χ0v) is 18.1. The summed E-state index contributed by atoms with van der Waals surface area (Å²) < 4.78 is 0. The molecule has 0 aliphatic carbocycles. The Bertz CT molecular complexity index is 1020. The van der Waals surface area contributed by atoms with Crippen molar-refractivity contribution >= 4 is 50.7 Å². The number of carbonyl (C=O) groups is 1. The number of amides is 1. The fourth-order valence-corrected chi connectivity index (χ4v) is 5.00. The number of thioether (sulfide) groups is 1. The smallest absolute Gasteiger partial charge is 0.237 e. The lowest BCUT2D eigenvalue weighted by molar-refractivity contribution is -0.115. The summed E-state index contributed by atoms with van der Waals surface area (Å²) in [6.45, 7) is 12.0. The molecule has 7 heteroatoms. The van der Waals surface area contributed by atoms with Gasteiger partial charge in [-0.2, -0.15) is 0 Å². The van der Waals surface area contributed by atoms with Gasteiger partial charge in [0.2, 0.25) is 5.91 Å². The molecule has 0 saturated heterocycles. The number of anilines is 2. The zero-order valence-electron chi connectivity index (χ0n) is 16.4. The van der Waals surface area contributed by atoms with E-state index in [0.717, 1.165) is 32.6 Å². The third-order valence-corrected chi connectivity index (χ3v) is 6.67. The fourth-order valence-electron chi connectivity index (χ4n) is 3.13. The van der Waals surface area contributed by atoms with Gasteiger partial charge in [-0.3, -0.25) is 4.79 Å². The molecule has 1 amide bonds. The minimum Gasteiger partial charge on any atom is -0.383 e. The van der Waals surface area contributed by atoms with E-state index in [-0.39, 0.29) is 11.2 Å². The van der Waals surface area contributed by atoms with Crippen LogP contribution in [0.25, 0.3) is 10.2 Å². The highest BCUT2D eigenvalue weighted by atomic mass is 32.2. The largest absolute Gasteiger partial charge is 0.383 e. The monoisotopic (exact) mass is 400 g/mol. The number of benzene rings is 1. The van der Waals surface area contributed by atoms with E-state index in [1.54, 1.807) is 11.3 Å². The number of nitrogens with one attached hydrogen (secondary N) is 1. The number of aryl methyl sites for hydroxylation is 5. The molecule has 0 saturated carbocycles. The van der Waals surface area contributed by atoms with Gasteiger partial charge in [0.15, 0.2) is 5.16 Å². The second-order valence-electron chi connectivity index (χ2n) is 6.88. The number of thiophene rings is 1. The SMILES string of the molecule is Cc1cc(C)c(NC(=O)C(C)Sc2nc(N)c3c(C)c(C)sc3n2)c(C)c1. The van der Waals surface area contributed by atoms with Crippen LogP contribution in [0.2, 0.25) is 0 Å². The number of nitrogen functional groups attached to an aromatic ring is 1. The second kappa shape index (κ2) is 7.48. The molecule has 3 aromatic rings. The maximum Gasteiger partial charge on any atom is 0.237 e. The summed E-state index contributed by atoms with van der Waals surface area (Å²) in [4.78, 5) is 23.8. The minimum absolute atomic E-state index is 0.0733. The highest BCUT2D eigenvalue weighted by Crippen LogP contribution is 2.34. The number of hydrogen-bond donors (Lipinski definition) is 2. The van der Waals surface area contributed by atoms with Crippen molar-refractivity contribution in [3.63, 3.8) is 0 Å². The van der Waals surface area contributed by atoms with Crippen LogP contribution in [-0.4, -0.2) is 21.1 Å². The van der Waals surface area contributed by atoms with E-state index >= 15 is 0 Å². The Balaban J connectivity index is 1.80. The van der Waals surface area contributed by atoms with Crippen LogP contribution in [0.15, 0.2) is 17.3 Å². The second-order valence-corrected chi connectivity index (χ2v) is 9.39. The average molecular weight is 401 g/mol. The third-order valence-electron chi connectivity index (χ3n) is 4.61. The molecule has 5 nitrogen and oxygen atoms in total. The maximum atomic E-state index is 12.7. The van der Waals surface area contributed by atoms with Gasteiger partial charge in [-0.15, -0.1) is 11.3 Å². The average Bonchev–Trinajstić information content (AvgIpc) is 2.85. The zero-order chi connectivity index (χ0) is 19.9. The Morgan fingerprint density at radius 1 is 1.15 bits per heavy atom. The number of rotatable bonds is 4. The summed E-state index contributed by atoms with van der Waals surface area (Å²) >= 11 is 2.93. The lowest BCUT2D eigenvalue weighted by atomic mass is 10.1. The molecule has 0 aliphatic heterocycles. The van der Waals surface area contributed by atoms with Gasteiger partial charge in [0.05, 0.1) is 10.6 Å². The third kappa shape index (κ3) is 3.94. The summed E-state index contributed by atoms with van der Waals surface area (Å²) in [5.74, 6) is 0.401. The topological polar surface area (TPSA) is 80.9 Å². The van der Waals surface area contributed by atoms with Gasteiger partial charge >= 0.3 is 0 Å². The first-order valence-electron chi connectivity index (χ1n) is 8.76. The van der Waals surface area contributed by atoms with E-state index < -0.39 is 0 Å². The van der Waals surface area contributed by atoms with Crippen LogP contribution < -0.4 is 11.1 Å². The van der Waals surface area contributed by atoms with Crippen molar-refractivity contribution in [1.29, 1.82) is 0 Å². The molecule has 0 spiro atoms. The first kappa shape index (κ1) is 19.6. The number of fused-ring (bicyclic) bond motifs is 1. The molecule has 0 aliphatic rings. The van der Waals surface area contributed by atoms with E-state index in [2.05, 4.69) is 41.3 Å². The van der Waals surface area contributed by atoms with Gasteiger partial charge in [0, 0.05) is 10.6 Å². The Hall–Kier alpha value is -2.12. The number of hydrogen-bond acceptors (Lipinski definition) is 6. The van der Waals surface area contributed by atoms with Crippen molar-refractivity contribution in [2.45, 2.75) is 51.9 Å². The van der Waals surface area contributed by atoms with Gasteiger partial charge in [0.25, 0.3) is 0 Å². The Morgan fingerprint density at radius 3 is 2.41 bits per heavy atom. The molecule has 2 aromatic heterocycles. The van der Waals surface area contributed by atoms with Crippen molar-refractivity contribution in [2.24, 2.45) is 0 Å². The predicted octanol–water partition coefficient (Wildman–Crippen LogP) is 4.93. The van der Waals surface area contributed by atoms with Crippen LogP contribution in [0, 0.1) is 34.6 Å².